The van der Waals surface area contributed by atoms with Crippen LogP contribution in [0, 0.1) is 18.8 Å². The van der Waals surface area contributed by atoms with E-state index in [1.54, 1.807) is 6.20 Å². The van der Waals surface area contributed by atoms with E-state index in [1.807, 2.05) is 37.8 Å². The smallest absolute Gasteiger partial charge is 0.225 e. The van der Waals surface area contributed by atoms with Gasteiger partial charge in [0, 0.05) is 31.6 Å². The number of pyridine rings is 1. The van der Waals surface area contributed by atoms with Gasteiger partial charge < -0.3 is 10.2 Å². The minimum atomic E-state index is 0.0523. The highest BCUT2D eigenvalue weighted by Crippen LogP contribution is 2.21. The largest absolute Gasteiger partial charge is 0.350 e. The second-order valence-corrected chi connectivity index (χ2v) is 6.67. The van der Waals surface area contributed by atoms with Gasteiger partial charge in [-0.3, -0.25) is 14.6 Å². The van der Waals surface area contributed by atoms with Crippen LogP contribution in [0.15, 0.2) is 18.3 Å². The average Bonchev–Trinajstić information content (AvgIpc) is 2.54. The van der Waals surface area contributed by atoms with Crippen LogP contribution in [0.1, 0.15) is 44.4 Å². The van der Waals surface area contributed by atoms with Gasteiger partial charge in [0.05, 0.1) is 12.2 Å². The molecule has 0 radical (unpaired) electrons. The normalized spacial score (nSPS) is 15.7. The molecule has 1 aromatic heterocycles. The highest BCUT2D eigenvalue weighted by molar-refractivity contribution is 5.78. The molecule has 5 nitrogen and oxygen atoms in total. The predicted octanol–water partition coefficient (Wildman–Crippen LogP) is 2.29. The van der Waals surface area contributed by atoms with Crippen molar-refractivity contribution in [3.05, 3.63) is 29.6 Å². The fraction of sp³-hybridized carbons (Fsp3) is 0.611. The SMILES string of the molecule is Cc1cccnc1CNC(=O)CC1CCN(C(=O)C(C)C)CC1. The first-order valence-electron chi connectivity index (χ1n) is 8.43. The molecule has 0 spiro atoms. The van der Waals surface area contributed by atoms with Gasteiger partial charge in [0.15, 0.2) is 0 Å². The molecule has 1 aromatic rings. The highest BCUT2D eigenvalue weighted by Gasteiger charge is 2.25. The van der Waals surface area contributed by atoms with Gasteiger partial charge in [0.2, 0.25) is 11.8 Å². The molecule has 0 bridgehead atoms. The molecular weight excluding hydrogens is 290 g/mol. The number of nitrogens with zero attached hydrogens (tertiary/aromatic N) is 2. The summed E-state index contributed by atoms with van der Waals surface area (Å²) >= 11 is 0. The summed E-state index contributed by atoms with van der Waals surface area (Å²) in [5.74, 6) is 0.717. The van der Waals surface area contributed by atoms with Crippen molar-refractivity contribution in [2.24, 2.45) is 11.8 Å². The Morgan fingerprint density at radius 2 is 2.04 bits per heavy atom. The number of carbonyl (C=O) groups excluding carboxylic acids is 2. The Labute approximate surface area is 138 Å². The van der Waals surface area contributed by atoms with Crippen LogP contribution in [0.3, 0.4) is 0 Å². The first kappa shape index (κ1) is 17.4. The van der Waals surface area contributed by atoms with Crippen LogP contribution in [0.5, 0.6) is 0 Å². The Balaban J connectivity index is 1.73. The average molecular weight is 317 g/mol. The van der Waals surface area contributed by atoms with Crippen molar-refractivity contribution in [2.75, 3.05) is 13.1 Å². The molecule has 2 amide bonds. The number of nitrogens with one attached hydrogen (secondary N) is 1. The van der Waals surface area contributed by atoms with Crippen LogP contribution < -0.4 is 5.32 Å². The number of hydrogen-bond acceptors (Lipinski definition) is 3. The number of rotatable bonds is 5. The van der Waals surface area contributed by atoms with Gasteiger partial charge in [-0.15, -0.1) is 0 Å². The molecule has 23 heavy (non-hydrogen) atoms. The molecule has 0 atom stereocenters. The lowest BCUT2D eigenvalue weighted by Crippen LogP contribution is -2.41. The molecule has 1 saturated heterocycles. The van der Waals surface area contributed by atoms with Crippen molar-refractivity contribution in [2.45, 2.75) is 46.6 Å². The van der Waals surface area contributed by atoms with E-state index >= 15 is 0 Å². The van der Waals surface area contributed by atoms with Gasteiger partial charge in [-0.2, -0.15) is 0 Å². The zero-order valence-corrected chi connectivity index (χ0v) is 14.3. The number of aryl methyl sites for hydroxylation is 1. The topological polar surface area (TPSA) is 62.3 Å². The molecule has 0 aromatic carbocycles. The van der Waals surface area contributed by atoms with Gasteiger partial charge in [-0.05, 0) is 37.3 Å². The highest BCUT2D eigenvalue weighted by atomic mass is 16.2. The van der Waals surface area contributed by atoms with Crippen LogP contribution in [0.2, 0.25) is 0 Å². The maximum absolute atomic E-state index is 12.1. The lowest BCUT2D eigenvalue weighted by atomic mass is 9.92. The lowest BCUT2D eigenvalue weighted by molar-refractivity contribution is -0.136. The van der Waals surface area contributed by atoms with E-state index in [-0.39, 0.29) is 17.7 Å². The van der Waals surface area contributed by atoms with Crippen molar-refractivity contribution in [3.8, 4) is 0 Å². The number of carbonyl (C=O) groups is 2. The molecule has 2 rings (SSSR count). The molecule has 126 valence electrons. The lowest BCUT2D eigenvalue weighted by Gasteiger charge is -2.32. The van der Waals surface area contributed by atoms with E-state index in [1.165, 1.54) is 0 Å². The van der Waals surface area contributed by atoms with E-state index in [2.05, 4.69) is 10.3 Å². The standard InChI is InChI=1S/C18H27N3O2/c1-13(2)18(23)21-9-6-15(7-10-21)11-17(22)20-12-16-14(3)5-4-8-19-16/h4-5,8,13,15H,6-7,9-12H2,1-3H3,(H,20,22). The van der Waals surface area contributed by atoms with Crippen LogP contribution in [0.4, 0.5) is 0 Å². The van der Waals surface area contributed by atoms with Gasteiger partial charge in [-0.1, -0.05) is 19.9 Å². The summed E-state index contributed by atoms with van der Waals surface area (Å²) in [5.41, 5.74) is 2.01. The maximum atomic E-state index is 12.1. The van der Waals surface area contributed by atoms with Crippen LogP contribution >= 0.6 is 0 Å². The quantitative estimate of drug-likeness (QED) is 0.906. The van der Waals surface area contributed by atoms with Gasteiger partial charge in [-0.25, -0.2) is 0 Å². The minimum Gasteiger partial charge on any atom is -0.350 e. The first-order valence-corrected chi connectivity index (χ1v) is 8.43. The summed E-state index contributed by atoms with van der Waals surface area (Å²) in [6, 6.07) is 3.89. The summed E-state index contributed by atoms with van der Waals surface area (Å²) < 4.78 is 0. The zero-order chi connectivity index (χ0) is 16.8. The summed E-state index contributed by atoms with van der Waals surface area (Å²) in [5, 5.41) is 2.96. The molecule has 0 aliphatic carbocycles. The minimum absolute atomic E-state index is 0.0523. The summed E-state index contributed by atoms with van der Waals surface area (Å²) in [7, 11) is 0. The Morgan fingerprint density at radius 1 is 1.35 bits per heavy atom. The molecule has 1 aliphatic rings. The second kappa shape index (κ2) is 8.09. The van der Waals surface area contributed by atoms with Crippen molar-refractivity contribution in [1.29, 1.82) is 0 Å². The molecule has 1 fully saturated rings. The molecule has 2 heterocycles. The first-order chi connectivity index (χ1) is 11.0. The maximum Gasteiger partial charge on any atom is 0.225 e. The molecule has 0 unspecified atom stereocenters. The van der Waals surface area contributed by atoms with E-state index in [0.29, 0.717) is 18.9 Å². The van der Waals surface area contributed by atoms with Crippen molar-refractivity contribution < 1.29 is 9.59 Å². The van der Waals surface area contributed by atoms with Crippen LogP contribution in [0.25, 0.3) is 0 Å². The van der Waals surface area contributed by atoms with E-state index in [0.717, 1.165) is 37.2 Å². The van der Waals surface area contributed by atoms with Gasteiger partial charge in [0.25, 0.3) is 0 Å². The zero-order valence-electron chi connectivity index (χ0n) is 14.3. The van der Waals surface area contributed by atoms with Crippen LogP contribution in [-0.2, 0) is 16.1 Å². The van der Waals surface area contributed by atoms with Crippen molar-refractivity contribution in [3.63, 3.8) is 0 Å². The number of aromatic nitrogens is 1. The molecule has 5 heteroatoms. The molecule has 1 N–H and O–H groups in total. The number of piperidine rings is 1. The van der Waals surface area contributed by atoms with Crippen molar-refractivity contribution >= 4 is 11.8 Å². The number of likely N-dealkylation sites (tertiary alicyclic amines) is 1. The van der Waals surface area contributed by atoms with Crippen LogP contribution in [-0.4, -0.2) is 34.8 Å². The third kappa shape index (κ3) is 5.05. The van der Waals surface area contributed by atoms with E-state index in [4.69, 9.17) is 0 Å². The summed E-state index contributed by atoms with van der Waals surface area (Å²) in [6.45, 7) is 7.89. The third-order valence-electron chi connectivity index (χ3n) is 4.47. The Hall–Kier alpha value is -1.91. The van der Waals surface area contributed by atoms with Gasteiger partial charge >= 0.3 is 0 Å². The third-order valence-corrected chi connectivity index (χ3v) is 4.47. The van der Waals surface area contributed by atoms with E-state index < -0.39 is 0 Å². The number of hydrogen-bond donors (Lipinski definition) is 1. The van der Waals surface area contributed by atoms with E-state index in [9.17, 15) is 9.59 Å². The second-order valence-electron chi connectivity index (χ2n) is 6.67. The fourth-order valence-electron chi connectivity index (χ4n) is 2.94. The summed E-state index contributed by atoms with van der Waals surface area (Å²) in [6.07, 6.45) is 4.11. The monoisotopic (exact) mass is 317 g/mol. The Bertz CT molecular complexity index is 549. The summed E-state index contributed by atoms with van der Waals surface area (Å²) in [4.78, 5) is 30.3. The molecule has 1 aliphatic heterocycles. The Kier molecular flexibility index (Phi) is 6.13. The number of amides is 2. The molecule has 0 saturated carbocycles. The Morgan fingerprint density at radius 3 is 2.65 bits per heavy atom. The predicted molar refractivity (Wildman–Crippen MR) is 89.6 cm³/mol. The molecular formula is C18H27N3O2. The fourth-order valence-corrected chi connectivity index (χ4v) is 2.94. The van der Waals surface area contributed by atoms with Crippen molar-refractivity contribution in [1.82, 2.24) is 15.2 Å². The van der Waals surface area contributed by atoms with Gasteiger partial charge in [0.1, 0.15) is 0 Å².